The van der Waals surface area contributed by atoms with E-state index in [1.54, 1.807) is 6.20 Å². The Bertz CT molecular complexity index is 536. The Morgan fingerprint density at radius 2 is 2.44 bits per heavy atom. The molecular weight excluding hydrogens is 228 g/mol. The molecule has 4 nitrogen and oxygen atoms in total. The van der Waals surface area contributed by atoms with Crippen LogP contribution in [0.15, 0.2) is 18.5 Å². The van der Waals surface area contributed by atoms with E-state index in [9.17, 15) is 4.79 Å². The van der Waals surface area contributed by atoms with Crippen LogP contribution in [0.1, 0.15) is 28.8 Å². The molecule has 0 saturated carbocycles. The highest BCUT2D eigenvalue weighted by molar-refractivity contribution is 6.18. The molecule has 84 valence electrons. The van der Waals surface area contributed by atoms with Crippen LogP contribution in [0.2, 0.25) is 0 Å². The quantitative estimate of drug-likeness (QED) is 0.808. The number of pyridine rings is 1. The first-order valence-electron chi connectivity index (χ1n) is 4.90. The molecule has 2 N–H and O–H groups in total. The summed E-state index contributed by atoms with van der Waals surface area (Å²) in [5, 5.41) is 9.94. The standard InChI is InChI=1S/C11H11ClN2O2/c1-6(4-12)9-7-2-3-13-10(7)14-5-8(9)11(15)16/h2-3,5-6H,4H2,1H3,(H,13,14)(H,15,16). The lowest BCUT2D eigenvalue weighted by atomic mass is 9.96. The molecule has 0 amide bonds. The van der Waals surface area contributed by atoms with Crippen molar-refractivity contribution in [2.45, 2.75) is 12.8 Å². The zero-order valence-electron chi connectivity index (χ0n) is 8.70. The number of hydrogen-bond donors (Lipinski definition) is 2. The molecule has 2 aromatic rings. The molecule has 16 heavy (non-hydrogen) atoms. The summed E-state index contributed by atoms with van der Waals surface area (Å²) in [5.74, 6) is -0.610. The first-order valence-corrected chi connectivity index (χ1v) is 5.43. The number of aromatic carboxylic acids is 1. The Labute approximate surface area is 97.3 Å². The van der Waals surface area contributed by atoms with E-state index in [-0.39, 0.29) is 11.5 Å². The smallest absolute Gasteiger partial charge is 0.337 e. The first kappa shape index (κ1) is 11.0. The maximum Gasteiger partial charge on any atom is 0.337 e. The highest BCUT2D eigenvalue weighted by atomic mass is 35.5. The summed E-state index contributed by atoms with van der Waals surface area (Å²) in [5.41, 5.74) is 1.66. The molecule has 0 radical (unpaired) electrons. The van der Waals surface area contributed by atoms with Crippen molar-refractivity contribution >= 4 is 28.6 Å². The van der Waals surface area contributed by atoms with Crippen molar-refractivity contribution in [3.63, 3.8) is 0 Å². The van der Waals surface area contributed by atoms with E-state index in [2.05, 4.69) is 9.97 Å². The number of aromatic amines is 1. The van der Waals surface area contributed by atoms with Crippen LogP contribution in [0.4, 0.5) is 0 Å². The highest BCUT2D eigenvalue weighted by Crippen LogP contribution is 2.28. The molecular formula is C11H11ClN2O2. The summed E-state index contributed by atoms with van der Waals surface area (Å²) in [6.45, 7) is 1.90. The second kappa shape index (κ2) is 4.14. The van der Waals surface area contributed by atoms with E-state index in [4.69, 9.17) is 16.7 Å². The van der Waals surface area contributed by atoms with E-state index in [0.29, 0.717) is 11.5 Å². The molecule has 0 aliphatic rings. The van der Waals surface area contributed by atoms with Gasteiger partial charge in [-0.15, -0.1) is 11.6 Å². The number of carboxylic acids is 1. The van der Waals surface area contributed by atoms with Gasteiger partial charge in [0.05, 0.1) is 5.56 Å². The van der Waals surface area contributed by atoms with Crippen molar-refractivity contribution in [2.24, 2.45) is 0 Å². The number of aromatic nitrogens is 2. The summed E-state index contributed by atoms with van der Waals surface area (Å²) < 4.78 is 0. The van der Waals surface area contributed by atoms with Crippen molar-refractivity contribution in [3.8, 4) is 0 Å². The van der Waals surface area contributed by atoms with Crippen molar-refractivity contribution in [2.75, 3.05) is 5.88 Å². The van der Waals surface area contributed by atoms with Crippen molar-refractivity contribution in [1.82, 2.24) is 9.97 Å². The topological polar surface area (TPSA) is 66.0 Å². The van der Waals surface area contributed by atoms with Gasteiger partial charge in [-0.3, -0.25) is 0 Å². The molecule has 1 unspecified atom stereocenters. The van der Waals surface area contributed by atoms with Crippen LogP contribution in [0, 0.1) is 0 Å². The van der Waals surface area contributed by atoms with Gasteiger partial charge in [0.25, 0.3) is 0 Å². The number of fused-ring (bicyclic) bond motifs is 1. The monoisotopic (exact) mass is 238 g/mol. The van der Waals surface area contributed by atoms with Gasteiger partial charge in [0.15, 0.2) is 0 Å². The number of alkyl halides is 1. The summed E-state index contributed by atoms with van der Waals surface area (Å²) >= 11 is 5.81. The Morgan fingerprint density at radius 3 is 3.06 bits per heavy atom. The number of nitrogens with zero attached hydrogens (tertiary/aromatic N) is 1. The van der Waals surface area contributed by atoms with Gasteiger partial charge in [-0.2, -0.15) is 0 Å². The maximum absolute atomic E-state index is 11.1. The average molecular weight is 239 g/mol. The summed E-state index contributed by atoms with van der Waals surface area (Å²) in [7, 11) is 0. The molecule has 2 heterocycles. The summed E-state index contributed by atoms with van der Waals surface area (Å²) in [6.07, 6.45) is 3.12. The predicted molar refractivity (Wildman–Crippen MR) is 62.2 cm³/mol. The number of carboxylic acid groups (broad SMARTS) is 1. The second-order valence-electron chi connectivity index (χ2n) is 3.69. The molecule has 0 bridgehead atoms. The Balaban J connectivity index is 2.75. The maximum atomic E-state index is 11.1. The zero-order chi connectivity index (χ0) is 11.7. The number of carbonyl (C=O) groups is 1. The number of H-pyrrole nitrogens is 1. The van der Waals surface area contributed by atoms with E-state index < -0.39 is 5.97 Å². The minimum atomic E-state index is -0.970. The largest absolute Gasteiger partial charge is 0.478 e. The minimum Gasteiger partial charge on any atom is -0.478 e. The third-order valence-corrected chi connectivity index (χ3v) is 3.05. The normalized spacial score (nSPS) is 12.9. The molecule has 0 spiro atoms. The Hall–Kier alpha value is -1.55. The molecule has 0 aliphatic carbocycles. The van der Waals surface area contributed by atoms with E-state index in [1.165, 1.54) is 6.20 Å². The van der Waals surface area contributed by atoms with E-state index >= 15 is 0 Å². The van der Waals surface area contributed by atoms with Crippen LogP contribution < -0.4 is 0 Å². The fourth-order valence-electron chi connectivity index (χ4n) is 1.81. The Morgan fingerprint density at radius 1 is 1.69 bits per heavy atom. The predicted octanol–water partition coefficient (Wildman–Crippen LogP) is 2.60. The van der Waals surface area contributed by atoms with Gasteiger partial charge in [0.2, 0.25) is 0 Å². The summed E-state index contributed by atoms with van der Waals surface area (Å²) in [4.78, 5) is 18.1. The van der Waals surface area contributed by atoms with Crippen LogP contribution >= 0.6 is 11.6 Å². The van der Waals surface area contributed by atoms with Gasteiger partial charge in [0, 0.05) is 23.7 Å². The lowest BCUT2D eigenvalue weighted by molar-refractivity contribution is 0.0695. The Kier molecular flexibility index (Phi) is 2.83. The lowest BCUT2D eigenvalue weighted by Crippen LogP contribution is -2.08. The van der Waals surface area contributed by atoms with Crippen LogP contribution in [0.5, 0.6) is 0 Å². The first-order chi connectivity index (χ1) is 7.65. The average Bonchev–Trinajstić information content (AvgIpc) is 2.74. The van der Waals surface area contributed by atoms with Crippen molar-refractivity contribution < 1.29 is 9.90 Å². The summed E-state index contributed by atoms with van der Waals surface area (Å²) in [6, 6.07) is 1.83. The van der Waals surface area contributed by atoms with Crippen molar-refractivity contribution in [3.05, 3.63) is 29.6 Å². The molecule has 2 aromatic heterocycles. The minimum absolute atomic E-state index is 0.0194. The van der Waals surface area contributed by atoms with Crippen LogP contribution in [0.3, 0.4) is 0 Å². The van der Waals surface area contributed by atoms with Gasteiger partial charge in [-0.1, -0.05) is 6.92 Å². The molecule has 2 rings (SSSR count). The molecule has 0 saturated heterocycles. The third kappa shape index (κ3) is 1.65. The molecule has 0 aromatic carbocycles. The van der Waals surface area contributed by atoms with Crippen LogP contribution in [0.25, 0.3) is 11.0 Å². The van der Waals surface area contributed by atoms with Gasteiger partial charge >= 0.3 is 5.97 Å². The van der Waals surface area contributed by atoms with Gasteiger partial charge in [-0.05, 0) is 17.5 Å². The fourth-order valence-corrected chi connectivity index (χ4v) is 1.96. The van der Waals surface area contributed by atoms with Gasteiger partial charge in [-0.25, -0.2) is 9.78 Å². The van der Waals surface area contributed by atoms with E-state index in [1.807, 2.05) is 13.0 Å². The fraction of sp³-hybridized carbons (Fsp3) is 0.273. The van der Waals surface area contributed by atoms with Gasteiger partial charge < -0.3 is 10.1 Å². The third-order valence-electron chi connectivity index (χ3n) is 2.58. The molecule has 0 aliphatic heterocycles. The van der Waals surface area contributed by atoms with Crippen LogP contribution in [-0.2, 0) is 0 Å². The number of rotatable bonds is 3. The lowest BCUT2D eigenvalue weighted by Gasteiger charge is -2.12. The second-order valence-corrected chi connectivity index (χ2v) is 3.99. The molecule has 1 atom stereocenters. The molecule has 5 heteroatoms. The van der Waals surface area contributed by atoms with Crippen LogP contribution in [-0.4, -0.2) is 26.9 Å². The number of hydrogen-bond acceptors (Lipinski definition) is 2. The SMILES string of the molecule is CC(CCl)c1c(C(=O)O)cnc2[nH]ccc12. The number of nitrogens with one attached hydrogen (secondary N) is 1. The van der Waals surface area contributed by atoms with E-state index in [0.717, 1.165) is 10.9 Å². The molecule has 0 fully saturated rings. The van der Waals surface area contributed by atoms with Crippen molar-refractivity contribution in [1.29, 1.82) is 0 Å². The number of halogens is 1. The highest BCUT2D eigenvalue weighted by Gasteiger charge is 2.19. The zero-order valence-corrected chi connectivity index (χ0v) is 9.45. The van der Waals surface area contributed by atoms with Gasteiger partial charge in [0.1, 0.15) is 5.65 Å².